The lowest BCUT2D eigenvalue weighted by Gasteiger charge is -2.07. The van der Waals surface area contributed by atoms with Crippen LogP contribution in [0, 0.1) is 0 Å². The Morgan fingerprint density at radius 2 is 1.89 bits per heavy atom. The van der Waals surface area contributed by atoms with Crippen molar-refractivity contribution in [3.63, 3.8) is 0 Å². The number of rotatable bonds is 5. The maximum absolute atomic E-state index is 5.81. The van der Waals surface area contributed by atoms with Crippen LogP contribution in [-0.2, 0) is 18.0 Å². The molecule has 1 aromatic carbocycles. The molecule has 100 valence electrons. The summed E-state index contributed by atoms with van der Waals surface area (Å²) >= 11 is 5.81. The number of ether oxygens (including phenoxy) is 2. The molecular weight excluding hydrogens is 266 g/mol. The highest BCUT2D eigenvalue weighted by molar-refractivity contribution is 6.30. The van der Waals surface area contributed by atoms with Gasteiger partial charge in [0, 0.05) is 18.2 Å². The molecule has 0 aliphatic heterocycles. The molecule has 0 aliphatic carbocycles. The molecule has 19 heavy (non-hydrogen) atoms. The van der Waals surface area contributed by atoms with Gasteiger partial charge in [0.2, 0.25) is 5.88 Å². The molecule has 2 aromatic rings. The average molecular weight is 280 g/mol. The van der Waals surface area contributed by atoms with Gasteiger partial charge in [0.25, 0.3) is 0 Å². The minimum Gasteiger partial charge on any atom is -0.473 e. The zero-order chi connectivity index (χ0) is 13.7. The van der Waals surface area contributed by atoms with Crippen molar-refractivity contribution >= 4 is 17.4 Å². The maximum Gasteiger partial charge on any atom is 0.219 e. The molecule has 0 bridgehead atoms. The molecule has 1 heterocycles. The number of hydrogen-bond donors (Lipinski definition) is 1. The number of anilines is 1. The fourth-order valence-electron chi connectivity index (χ4n) is 1.50. The Kier molecular flexibility index (Phi) is 4.54. The summed E-state index contributed by atoms with van der Waals surface area (Å²) in [6.45, 7) is 0.683. The summed E-state index contributed by atoms with van der Waals surface area (Å²) < 4.78 is 10.5. The third-order valence-electron chi connectivity index (χ3n) is 2.34. The van der Waals surface area contributed by atoms with E-state index >= 15 is 0 Å². The summed E-state index contributed by atoms with van der Waals surface area (Å²) in [6, 6.07) is 8.98. The second kappa shape index (κ2) is 6.36. The van der Waals surface area contributed by atoms with E-state index in [1.807, 2.05) is 24.3 Å². The van der Waals surface area contributed by atoms with Crippen molar-refractivity contribution in [3.05, 3.63) is 46.7 Å². The monoisotopic (exact) mass is 279 g/mol. The Bertz CT molecular complexity index is 546. The lowest BCUT2D eigenvalue weighted by Crippen LogP contribution is -2.04. The van der Waals surface area contributed by atoms with Gasteiger partial charge in [0.05, 0.1) is 0 Å². The molecule has 6 heteroatoms. The van der Waals surface area contributed by atoms with Crippen molar-refractivity contribution in [1.82, 2.24) is 9.97 Å². The standard InChI is InChI=1S/C13H14ClN3O2/c1-18-8-12-16-11(15)6-13(17-12)19-7-9-2-4-10(14)5-3-9/h2-6H,7-8H2,1H3,(H2,15,16,17). The zero-order valence-electron chi connectivity index (χ0n) is 10.5. The van der Waals surface area contributed by atoms with Crippen molar-refractivity contribution in [2.24, 2.45) is 0 Å². The van der Waals surface area contributed by atoms with Gasteiger partial charge in [-0.2, -0.15) is 4.98 Å². The van der Waals surface area contributed by atoms with Crippen molar-refractivity contribution in [2.75, 3.05) is 12.8 Å². The summed E-state index contributed by atoms with van der Waals surface area (Å²) in [5, 5.41) is 0.692. The molecule has 0 amide bonds. The highest BCUT2D eigenvalue weighted by atomic mass is 35.5. The van der Waals surface area contributed by atoms with E-state index in [-0.39, 0.29) is 0 Å². The highest BCUT2D eigenvalue weighted by Crippen LogP contribution is 2.15. The molecule has 5 nitrogen and oxygen atoms in total. The minimum atomic E-state index is 0.294. The summed E-state index contributed by atoms with van der Waals surface area (Å²) in [7, 11) is 1.57. The Morgan fingerprint density at radius 1 is 1.16 bits per heavy atom. The quantitative estimate of drug-likeness (QED) is 0.910. The van der Waals surface area contributed by atoms with Crippen LogP contribution in [0.1, 0.15) is 11.4 Å². The average Bonchev–Trinajstić information content (AvgIpc) is 2.38. The van der Waals surface area contributed by atoms with Gasteiger partial charge in [-0.1, -0.05) is 23.7 Å². The molecular formula is C13H14ClN3O2. The predicted molar refractivity (Wildman–Crippen MR) is 72.9 cm³/mol. The van der Waals surface area contributed by atoms with E-state index in [2.05, 4.69) is 9.97 Å². The van der Waals surface area contributed by atoms with Crippen LogP contribution < -0.4 is 10.5 Å². The third kappa shape index (κ3) is 4.08. The van der Waals surface area contributed by atoms with Gasteiger partial charge in [0.1, 0.15) is 19.0 Å². The van der Waals surface area contributed by atoms with Gasteiger partial charge in [0.15, 0.2) is 5.82 Å². The Balaban J connectivity index is 2.04. The smallest absolute Gasteiger partial charge is 0.219 e. The number of halogens is 1. The number of aromatic nitrogens is 2. The van der Waals surface area contributed by atoms with Crippen LogP contribution in [0.4, 0.5) is 5.82 Å². The molecule has 0 aliphatic rings. The lowest BCUT2D eigenvalue weighted by atomic mass is 10.2. The van der Waals surface area contributed by atoms with Crippen LogP contribution in [0.2, 0.25) is 5.02 Å². The van der Waals surface area contributed by atoms with Crippen LogP contribution >= 0.6 is 11.6 Å². The van der Waals surface area contributed by atoms with E-state index in [0.717, 1.165) is 5.56 Å². The molecule has 2 N–H and O–H groups in total. The fourth-order valence-corrected chi connectivity index (χ4v) is 1.62. The first-order valence-corrected chi connectivity index (χ1v) is 6.05. The molecule has 0 atom stereocenters. The third-order valence-corrected chi connectivity index (χ3v) is 2.59. The molecule has 0 saturated heterocycles. The second-order valence-electron chi connectivity index (χ2n) is 3.90. The number of nitrogens with two attached hydrogens (primary N) is 1. The SMILES string of the molecule is COCc1nc(N)cc(OCc2ccc(Cl)cc2)n1. The summed E-state index contributed by atoms with van der Waals surface area (Å²) in [6.07, 6.45) is 0. The summed E-state index contributed by atoms with van der Waals surface area (Å²) in [4.78, 5) is 8.23. The second-order valence-corrected chi connectivity index (χ2v) is 4.33. The van der Waals surface area contributed by atoms with Gasteiger partial charge < -0.3 is 15.2 Å². The molecule has 0 spiro atoms. The fraction of sp³-hybridized carbons (Fsp3) is 0.231. The van der Waals surface area contributed by atoms with Gasteiger partial charge in [-0.3, -0.25) is 0 Å². The number of benzene rings is 1. The first-order valence-electron chi connectivity index (χ1n) is 5.67. The van der Waals surface area contributed by atoms with Crippen molar-refractivity contribution in [3.8, 4) is 5.88 Å². The van der Waals surface area contributed by atoms with E-state index in [9.17, 15) is 0 Å². The maximum atomic E-state index is 5.81. The number of nitrogens with zero attached hydrogens (tertiary/aromatic N) is 2. The van der Waals surface area contributed by atoms with E-state index in [1.165, 1.54) is 0 Å². The zero-order valence-corrected chi connectivity index (χ0v) is 11.2. The van der Waals surface area contributed by atoms with Gasteiger partial charge in [-0.05, 0) is 17.7 Å². The van der Waals surface area contributed by atoms with Crippen molar-refractivity contribution < 1.29 is 9.47 Å². The largest absolute Gasteiger partial charge is 0.473 e. The minimum absolute atomic E-state index is 0.294. The Morgan fingerprint density at radius 3 is 2.58 bits per heavy atom. The van der Waals surface area contributed by atoms with Crippen LogP contribution in [-0.4, -0.2) is 17.1 Å². The molecule has 2 rings (SSSR count). The lowest BCUT2D eigenvalue weighted by molar-refractivity contribution is 0.176. The molecule has 0 unspecified atom stereocenters. The molecule has 1 aromatic heterocycles. The Hall–Kier alpha value is -1.85. The molecule has 0 saturated carbocycles. The normalized spacial score (nSPS) is 10.4. The summed E-state index contributed by atoms with van der Waals surface area (Å²) in [5.74, 6) is 1.27. The first kappa shape index (κ1) is 13.6. The van der Waals surface area contributed by atoms with E-state index in [1.54, 1.807) is 13.2 Å². The van der Waals surface area contributed by atoms with Crippen LogP contribution in [0.5, 0.6) is 5.88 Å². The Labute approximate surface area is 116 Å². The van der Waals surface area contributed by atoms with Crippen molar-refractivity contribution in [2.45, 2.75) is 13.2 Å². The van der Waals surface area contributed by atoms with Gasteiger partial charge >= 0.3 is 0 Å². The van der Waals surface area contributed by atoms with E-state index in [4.69, 9.17) is 26.8 Å². The highest BCUT2D eigenvalue weighted by Gasteiger charge is 2.04. The van der Waals surface area contributed by atoms with E-state index < -0.39 is 0 Å². The van der Waals surface area contributed by atoms with Crippen LogP contribution in [0.15, 0.2) is 30.3 Å². The molecule has 0 radical (unpaired) electrons. The van der Waals surface area contributed by atoms with Crippen LogP contribution in [0.3, 0.4) is 0 Å². The summed E-state index contributed by atoms with van der Waals surface area (Å²) in [5.41, 5.74) is 6.67. The van der Waals surface area contributed by atoms with Gasteiger partial charge in [-0.25, -0.2) is 4.98 Å². The van der Waals surface area contributed by atoms with Gasteiger partial charge in [-0.15, -0.1) is 0 Å². The number of hydrogen-bond acceptors (Lipinski definition) is 5. The van der Waals surface area contributed by atoms with E-state index in [0.29, 0.717) is 35.8 Å². The molecule has 0 fully saturated rings. The topological polar surface area (TPSA) is 70.3 Å². The number of nitrogen functional groups attached to an aromatic ring is 1. The predicted octanol–water partition coefficient (Wildman–Crippen LogP) is 2.44. The van der Waals surface area contributed by atoms with Crippen molar-refractivity contribution in [1.29, 1.82) is 0 Å². The van der Waals surface area contributed by atoms with Crippen LogP contribution in [0.25, 0.3) is 0 Å². The first-order chi connectivity index (χ1) is 9.17. The number of methoxy groups -OCH3 is 1.